The Balaban J connectivity index is 1.85. The number of benzene rings is 2. The van der Waals surface area contributed by atoms with Crippen molar-refractivity contribution >= 4 is 45.0 Å². The molecule has 5 heteroatoms. The van der Waals surface area contributed by atoms with Crippen LogP contribution >= 0.6 is 27.5 Å². The number of hydrogen-bond donors (Lipinski definition) is 0. The molecule has 23 heavy (non-hydrogen) atoms. The van der Waals surface area contributed by atoms with E-state index >= 15 is 0 Å². The van der Waals surface area contributed by atoms with Crippen molar-refractivity contribution < 1.29 is 9.59 Å². The molecule has 0 N–H and O–H groups in total. The smallest absolute Gasteiger partial charge is 0.237 e. The van der Waals surface area contributed by atoms with Gasteiger partial charge in [-0.05, 0) is 48.7 Å². The lowest BCUT2D eigenvalue weighted by molar-refractivity contribution is -0.122. The molecule has 2 aromatic carbocycles. The molecule has 0 spiro atoms. The quantitative estimate of drug-likeness (QED) is 0.720. The Hall–Kier alpha value is -1.65. The molecular formula is C18H15BrClNO2. The van der Waals surface area contributed by atoms with Crippen molar-refractivity contribution in [3.63, 3.8) is 0 Å². The summed E-state index contributed by atoms with van der Waals surface area (Å²) in [4.78, 5) is 26.3. The van der Waals surface area contributed by atoms with Crippen LogP contribution in [0.15, 0.2) is 46.9 Å². The first-order valence-corrected chi connectivity index (χ1v) is 8.51. The minimum atomic E-state index is -0.318. The van der Waals surface area contributed by atoms with Crippen LogP contribution < -0.4 is 4.90 Å². The monoisotopic (exact) mass is 391 g/mol. The summed E-state index contributed by atoms with van der Waals surface area (Å²) in [6, 6.07) is 13.1. The van der Waals surface area contributed by atoms with Crippen molar-refractivity contribution in [1.82, 2.24) is 0 Å². The zero-order chi connectivity index (χ0) is 16.6. The molecule has 0 radical (unpaired) electrons. The number of carbonyl (C=O) groups excluding carboxylic acids is 2. The second kappa shape index (κ2) is 6.46. The van der Waals surface area contributed by atoms with Crippen molar-refractivity contribution in [2.45, 2.75) is 19.8 Å². The first-order chi connectivity index (χ1) is 11.0. The Morgan fingerprint density at radius 2 is 1.87 bits per heavy atom. The summed E-state index contributed by atoms with van der Waals surface area (Å²) in [6.45, 7) is 1.82. The highest BCUT2D eigenvalue weighted by Gasteiger charge is 2.40. The highest BCUT2D eigenvalue weighted by Crippen LogP contribution is 2.33. The van der Waals surface area contributed by atoms with Gasteiger partial charge in [-0.1, -0.05) is 45.7 Å². The lowest BCUT2D eigenvalue weighted by atomic mass is 9.98. The second-order valence-electron chi connectivity index (χ2n) is 5.68. The van der Waals surface area contributed by atoms with E-state index in [0.29, 0.717) is 17.1 Å². The van der Waals surface area contributed by atoms with Gasteiger partial charge in [0.15, 0.2) is 0 Å². The highest BCUT2D eigenvalue weighted by molar-refractivity contribution is 9.10. The minimum absolute atomic E-state index is 0.150. The molecule has 0 saturated carbocycles. The van der Waals surface area contributed by atoms with Crippen LogP contribution in [-0.2, 0) is 16.0 Å². The molecular weight excluding hydrogens is 378 g/mol. The van der Waals surface area contributed by atoms with Gasteiger partial charge in [0.25, 0.3) is 0 Å². The molecule has 1 aliphatic rings. The van der Waals surface area contributed by atoms with Crippen LogP contribution in [0.25, 0.3) is 0 Å². The maximum absolute atomic E-state index is 12.7. The number of imide groups is 1. The Kier molecular flexibility index (Phi) is 4.55. The van der Waals surface area contributed by atoms with Crippen molar-refractivity contribution in [2.24, 2.45) is 5.92 Å². The summed E-state index contributed by atoms with van der Waals surface area (Å²) >= 11 is 9.51. The molecule has 1 fully saturated rings. The van der Waals surface area contributed by atoms with Crippen molar-refractivity contribution in [2.75, 3.05) is 4.90 Å². The number of nitrogens with zero attached hydrogens (tertiary/aromatic N) is 1. The van der Waals surface area contributed by atoms with E-state index in [1.165, 1.54) is 4.90 Å². The molecule has 1 heterocycles. The third kappa shape index (κ3) is 3.19. The lowest BCUT2D eigenvalue weighted by Crippen LogP contribution is -2.31. The summed E-state index contributed by atoms with van der Waals surface area (Å²) in [5.41, 5.74) is 2.38. The number of halogens is 2. The van der Waals surface area contributed by atoms with E-state index in [4.69, 9.17) is 11.6 Å². The van der Waals surface area contributed by atoms with E-state index < -0.39 is 0 Å². The number of hydrogen-bond acceptors (Lipinski definition) is 2. The third-order valence-corrected chi connectivity index (χ3v) is 5.05. The Bertz CT molecular complexity index is 773. The summed E-state index contributed by atoms with van der Waals surface area (Å²) in [6.07, 6.45) is 0.800. The minimum Gasteiger partial charge on any atom is -0.274 e. The van der Waals surface area contributed by atoms with E-state index in [-0.39, 0.29) is 24.2 Å². The normalized spacial score (nSPS) is 17.9. The van der Waals surface area contributed by atoms with Gasteiger partial charge in [0.2, 0.25) is 11.8 Å². The predicted octanol–water partition coefficient (Wildman–Crippen LogP) is 4.53. The third-order valence-electron chi connectivity index (χ3n) is 4.12. The van der Waals surface area contributed by atoms with Crippen LogP contribution in [0.3, 0.4) is 0 Å². The fourth-order valence-corrected chi connectivity index (χ4v) is 3.28. The molecule has 1 atom stereocenters. The van der Waals surface area contributed by atoms with Crippen LogP contribution in [0, 0.1) is 12.8 Å². The molecule has 1 saturated heterocycles. The van der Waals surface area contributed by atoms with Gasteiger partial charge in [-0.15, -0.1) is 0 Å². The summed E-state index contributed by atoms with van der Waals surface area (Å²) < 4.78 is 0.992. The van der Waals surface area contributed by atoms with E-state index in [0.717, 1.165) is 15.6 Å². The van der Waals surface area contributed by atoms with E-state index in [1.807, 2.05) is 31.2 Å². The SMILES string of the molecule is Cc1c(Cl)cccc1N1C(=O)CC(Cc2ccc(Br)cc2)C1=O. The van der Waals surface area contributed by atoms with E-state index in [9.17, 15) is 9.59 Å². The van der Waals surface area contributed by atoms with Gasteiger partial charge in [-0.25, -0.2) is 4.90 Å². The van der Waals surface area contributed by atoms with Gasteiger partial charge < -0.3 is 0 Å². The molecule has 0 aromatic heterocycles. The number of carbonyl (C=O) groups is 2. The highest BCUT2D eigenvalue weighted by atomic mass is 79.9. The molecule has 118 valence electrons. The van der Waals surface area contributed by atoms with E-state index in [1.54, 1.807) is 18.2 Å². The Morgan fingerprint density at radius 1 is 1.17 bits per heavy atom. The molecule has 1 aliphatic heterocycles. The average Bonchev–Trinajstić information content (AvgIpc) is 2.79. The first-order valence-electron chi connectivity index (χ1n) is 7.33. The maximum atomic E-state index is 12.7. The van der Waals surface area contributed by atoms with Gasteiger partial charge in [0.1, 0.15) is 0 Å². The summed E-state index contributed by atoms with van der Waals surface area (Å²) in [5, 5.41) is 0.555. The van der Waals surface area contributed by atoms with Gasteiger partial charge in [0.05, 0.1) is 11.6 Å². The number of rotatable bonds is 3. The molecule has 3 nitrogen and oxygen atoms in total. The largest absolute Gasteiger partial charge is 0.274 e. The van der Waals surface area contributed by atoms with Gasteiger partial charge in [-0.2, -0.15) is 0 Å². The van der Waals surface area contributed by atoms with Gasteiger partial charge >= 0.3 is 0 Å². The predicted molar refractivity (Wildman–Crippen MR) is 94.6 cm³/mol. The van der Waals surface area contributed by atoms with Crippen LogP contribution in [0.1, 0.15) is 17.5 Å². The molecule has 2 amide bonds. The first kappa shape index (κ1) is 16.2. The Labute approximate surface area is 148 Å². The van der Waals surface area contributed by atoms with Crippen LogP contribution in [0.2, 0.25) is 5.02 Å². The molecule has 2 aromatic rings. The Morgan fingerprint density at radius 3 is 2.57 bits per heavy atom. The van der Waals surface area contributed by atoms with Crippen molar-refractivity contribution in [3.05, 3.63) is 63.1 Å². The fraction of sp³-hybridized carbons (Fsp3) is 0.222. The standard InChI is InChI=1S/C18H15BrClNO2/c1-11-15(20)3-2-4-16(11)21-17(22)10-13(18(21)23)9-12-5-7-14(19)8-6-12/h2-8,13H,9-10H2,1H3. The zero-order valence-corrected chi connectivity index (χ0v) is 14.9. The van der Waals surface area contributed by atoms with Crippen LogP contribution in [0.4, 0.5) is 5.69 Å². The average molecular weight is 393 g/mol. The molecule has 0 aliphatic carbocycles. The van der Waals surface area contributed by atoms with Gasteiger partial charge in [-0.3, -0.25) is 9.59 Å². The molecule has 0 bridgehead atoms. The van der Waals surface area contributed by atoms with Crippen molar-refractivity contribution in [3.8, 4) is 0 Å². The topological polar surface area (TPSA) is 37.4 Å². The van der Waals surface area contributed by atoms with E-state index in [2.05, 4.69) is 15.9 Å². The number of anilines is 1. The maximum Gasteiger partial charge on any atom is 0.237 e. The van der Waals surface area contributed by atoms with Crippen LogP contribution in [-0.4, -0.2) is 11.8 Å². The summed E-state index contributed by atoms with van der Waals surface area (Å²) in [7, 11) is 0. The lowest BCUT2D eigenvalue weighted by Gasteiger charge is -2.18. The van der Waals surface area contributed by atoms with Crippen LogP contribution in [0.5, 0.6) is 0 Å². The zero-order valence-electron chi connectivity index (χ0n) is 12.6. The fourth-order valence-electron chi connectivity index (χ4n) is 2.85. The molecule has 1 unspecified atom stereocenters. The second-order valence-corrected chi connectivity index (χ2v) is 7.01. The summed E-state index contributed by atoms with van der Waals surface area (Å²) in [5.74, 6) is -0.632. The molecule has 3 rings (SSSR count). The van der Waals surface area contributed by atoms with Gasteiger partial charge in [0, 0.05) is 15.9 Å². The number of amides is 2. The van der Waals surface area contributed by atoms with Crippen molar-refractivity contribution in [1.29, 1.82) is 0 Å².